The number of aryl methyl sites for hydroxylation is 2. The lowest BCUT2D eigenvalue weighted by molar-refractivity contribution is 1.19. The second-order valence-corrected chi connectivity index (χ2v) is 6.72. The van der Waals surface area contributed by atoms with Gasteiger partial charge in [0.2, 0.25) is 0 Å². The topological polar surface area (TPSA) is 64.5 Å². The average Bonchev–Trinajstić information content (AvgIpc) is 3.26. The van der Waals surface area contributed by atoms with Crippen LogP contribution in [0.3, 0.4) is 0 Å². The molecular formula is C26H26N4. The summed E-state index contributed by atoms with van der Waals surface area (Å²) in [5.41, 5.74) is 7.63. The predicted molar refractivity (Wildman–Crippen MR) is 127 cm³/mol. The molecule has 3 aromatic rings. The average molecular weight is 395 g/mol. The van der Waals surface area contributed by atoms with Gasteiger partial charge in [-0.05, 0) is 68.7 Å². The van der Waals surface area contributed by atoms with Gasteiger partial charge in [-0.3, -0.25) is 4.98 Å². The Hall–Kier alpha value is -4.02. The lowest BCUT2D eigenvalue weighted by Crippen LogP contribution is -2.06. The van der Waals surface area contributed by atoms with Crippen LogP contribution >= 0.6 is 0 Å². The fraction of sp³-hybridized carbons (Fsp3) is 0.154. The van der Waals surface area contributed by atoms with Crippen LogP contribution in [0.2, 0.25) is 0 Å². The minimum Gasteiger partial charge on any atom is -0.361 e. The van der Waals surface area contributed by atoms with Crippen molar-refractivity contribution in [2.75, 3.05) is 5.32 Å². The number of anilines is 1. The zero-order valence-corrected chi connectivity index (χ0v) is 17.8. The number of nitrogens with zero attached hydrogens (tertiary/aromatic N) is 2. The summed E-state index contributed by atoms with van der Waals surface area (Å²) in [6.07, 6.45) is 17.8. The highest BCUT2D eigenvalue weighted by molar-refractivity contribution is 5.88. The maximum atomic E-state index is 9.54. The van der Waals surface area contributed by atoms with Crippen molar-refractivity contribution in [1.29, 1.82) is 5.26 Å². The van der Waals surface area contributed by atoms with E-state index in [9.17, 15) is 5.26 Å². The minimum absolute atomic E-state index is 0.633. The first-order chi connectivity index (χ1) is 14.5. The quantitative estimate of drug-likeness (QED) is 0.303. The lowest BCUT2D eigenvalue weighted by atomic mass is 10.0. The Morgan fingerprint density at radius 1 is 1.17 bits per heavy atom. The molecule has 1 aromatic carbocycles. The van der Waals surface area contributed by atoms with E-state index in [1.807, 2.05) is 75.7 Å². The number of aromatic nitrogens is 2. The molecule has 3 rings (SSSR count). The molecule has 2 N–H and O–H groups in total. The summed E-state index contributed by atoms with van der Waals surface area (Å²) in [4.78, 5) is 7.56. The Balaban J connectivity index is 0.00000155. The highest BCUT2D eigenvalue weighted by Gasteiger charge is 2.11. The SMILES string of the molecule is C#C.C/C=C(/C=C/c1ccc(C)nc1)C(\Nc1ccc2[nH]ccc2c1C)=C(/C)C#N. The summed E-state index contributed by atoms with van der Waals surface area (Å²) in [6, 6.07) is 12.5. The monoisotopic (exact) mass is 394 g/mol. The van der Waals surface area contributed by atoms with E-state index in [1.54, 1.807) is 0 Å². The Bertz CT molecular complexity index is 1160. The first kappa shape index (κ1) is 22.3. The third-order valence-corrected chi connectivity index (χ3v) is 4.80. The Kier molecular flexibility index (Phi) is 7.80. The fourth-order valence-corrected chi connectivity index (χ4v) is 3.08. The number of allylic oxidation sites excluding steroid dienone is 3. The van der Waals surface area contributed by atoms with Crippen LogP contribution in [0.25, 0.3) is 17.0 Å². The van der Waals surface area contributed by atoms with Crippen molar-refractivity contribution < 1.29 is 0 Å². The Labute approximate surface area is 178 Å². The molecule has 0 saturated carbocycles. The molecule has 0 aliphatic carbocycles. The molecule has 4 heteroatoms. The number of hydrogen-bond donors (Lipinski definition) is 2. The molecular weight excluding hydrogens is 368 g/mol. The third-order valence-electron chi connectivity index (χ3n) is 4.80. The molecule has 4 nitrogen and oxygen atoms in total. The largest absolute Gasteiger partial charge is 0.361 e. The summed E-state index contributed by atoms with van der Waals surface area (Å²) in [6.45, 7) is 7.86. The van der Waals surface area contributed by atoms with Crippen LogP contribution in [0.4, 0.5) is 5.69 Å². The minimum atomic E-state index is 0.633. The molecule has 2 aromatic heterocycles. The smallest absolute Gasteiger partial charge is 0.0966 e. The predicted octanol–water partition coefficient (Wildman–Crippen LogP) is 6.30. The number of hydrogen-bond acceptors (Lipinski definition) is 3. The first-order valence-corrected chi connectivity index (χ1v) is 9.59. The van der Waals surface area contributed by atoms with E-state index in [-0.39, 0.29) is 0 Å². The highest BCUT2D eigenvalue weighted by Crippen LogP contribution is 2.28. The molecule has 0 unspecified atom stereocenters. The van der Waals surface area contributed by atoms with Gasteiger partial charge in [0.15, 0.2) is 0 Å². The second kappa shape index (κ2) is 10.5. The van der Waals surface area contributed by atoms with Crippen LogP contribution in [-0.4, -0.2) is 9.97 Å². The zero-order chi connectivity index (χ0) is 22.1. The van der Waals surface area contributed by atoms with Crippen molar-refractivity contribution in [3.8, 4) is 18.9 Å². The van der Waals surface area contributed by atoms with E-state index in [1.165, 1.54) is 5.39 Å². The Morgan fingerprint density at radius 2 is 1.93 bits per heavy atom. The van der Waals surface area contributed by atoms with Crippen LogP contribution in [0.15, 0.2) is 71.7 Å². The highest BCUT2D eigenvalue weighted by atomic mass is 14.9. The number of aromatic amines is 1. The molecule has 0 aliphatic rings. The number of rotatable bonds is 5. The second-order valence-electron chi connectivity index (χ2n) is 6.72. The summed E-state index contributed by atoms with van der Waals surface area (Å²) in [7, 11) is 0. The number of fused-ring (bicyclic) bond motifs is 1. The lowest BCUT2D eigenvalue weighted by Gasteiger charge is -2.16. The van der Waals surface area contributed by atoms with Gasteiger partial charge >= 0.3 is 0 Å². The van der Waals surface area contributed by atoms with Gasteiger partial charge in [-0.15, -0.1) is 12.8 Å². The van der Waals surface area contributed by atoms with Crippen molar-refractivity contribution in [2.24, 2.45) is 0 Å². The molecule has 0 bridgehead atoms. The maximum Gasteiger partial charge on any atom is 0.0966 e. The van der Waals surface area contributed by atoms with Crippen molar-refractivity contribution in [3.05, 3.63) is 88.5 Å². The number of terminal acetylenes is 1. The molecule has 0 radical (unpaired) electrons. The van der Waals surface area contributed by atoms with E-state index in [4.69, 9.17) is 0 Å². The molecule has 0 saturated heterocycles. The van der Waals surface area contributed by atoms with E-state index in [0.29, 0.717) is 5.57 Å². The number of benzene rings is 1. The van der Waals surface area contributed by atoms with Crippen LogP contribution in [0, 0.1) is 38.0 Å². The van der Waals surface area contributed by atoms with Gasteiger partial charge in [0.25, 0.3) is 0 Å². The Morgan fingerprint density at radius 3 is 2.57 bits per heavy atom. The summed E-state index contributed by atoms with van der Waals surface area (Å²) in [5, 5.41) is 14.2. The van der Waals surface area contributed by atoms with E-state index < -0.39 is 0 Å². The van der Waals surface area contributed by atoms with Gasteiger partial charge in [-0.1, -0.05) is 24.3 Å². The zero-order valence-electron chi connectivity index (χ0n) is 17.8. The standard InChI is InChI=1S/C24H24N4.C2H2/c1-5-20(9-8-19-7-6-17(3)27-15-19)24(16(2)14-25)28-22-10-11-23-21(18(22)4)12-13-26-23;1-2/h5-13,15,26,28H,1-4H3;1-2H/b9-8+,20-5-,24-16-;. The summed E-state index contributed by atoms with van der Waals surface area (Å²) in [5.74, 6) is 0. The molecule has 30 heavy (non-hydrogen) atoms. The molecule has 150 valence electrons. The van der Waals surface area contributed by atoms with E-state index >= 15 is 0 Å². The molecule has 0 spiro atoms. The van der Waals surface area contributed by atoms with Crippen molar-refractivity contribution in [3.63, 3.8) is 0 Å². The molecule has 0 aliphatic heterocycles. The summed E-state index contributed by atoms with van der Waals surface area (Å²) >= 11 is 0. The third kappa shape index (κ3) is 5.07. The number of nitriles is 1. The fourth-order valence-electron chi connectivity index (χ4n) is 3.08. The molecule has 2 heterocycles. The van der Waals surface area contributed by atoms with Gasteiger partial charge in [0.1, 0.15) is 0 Å². The van der Waals surface area contributed by atoms with Crippen molar-refractivity contribution in [2.45, 2.75) is 27.7 Å². The number of pyridine rings is 1. The summed E-state index contributed by atoms with van der Waals surface area (Å²) < 4.78 is 0. The number of nitrogens with one attached hydrogen (secondary N) is 2. The van der Waals surface area contributed by atoms with Gasteiger partial charge in [0.05, 0.1) is 17.3 Å². The molecule has 0 amide bonds. The van der Waals surface area contributed by atoms with Gasteiger partial charge < -0.3 is 10.3 Å². The van der Waals surface area contributed by atoms with Crippen molar-refractivity contribution >= 4 is 22.7 Å². The van der Waals surface area contributed by atoms with Crippen molar-refractivity contribution in [1.82, 2.24) is 9.97 Å². The maximum absolute atomic E-state index is 9.54. The van der Waals surface area contributed by atoms with E-state index in [0.717, 1.165) is 39.3 Å². The van der Waals surface area contributed by atoms with Crippen LogP contribution < -0.4 is 5.32 Å². The van der Waals surface area contributed by atoms with Gasteiger partial charge in [-0.2, -0.15) is 5.26 Å². The molecule has 0 fully saturated rings. The van der Waals surface area contributed by atoms with Crippen LogP contribution in [0.1, 0.15) is 30.7 Å². The van der Waals surface area contributed by atoms with Crippen LogP contribution in [-0.2, 0) is 0 Å². The van der Waals surface area contributed by atoms with Gasteiger partial charge in [-0.25, -0.2) is 0 Å². The molecule has 0 atom stereocenters. The normalized spacial score (nSPS) is 12.1. The van der Waals surface area contributed by atoms with Crippen LogP contribution in [0.5, 0.6) is 0 Å². The van der Waals surface area contributed by atoms with E-state index in [2.05, 4.69) is 47.2 Å². The van der Waals surface area contributed by atoms with Gasteiger partial charge in [0, 0.05) is 34.7 Å². The first-order valence-electron chi connectivity index (χ1n) is 9.59. The number of H-pyrrole nitrogens is 1.